The lowest BCUT2D eigenvalue weighted by molar-refractivity contribution is -0.146. The van der Waals surface area contributed by atoms with Crippen molar-refractivity contribution in [3.8, 4) is 0 Å². The summed E-state index contributed by atoms with van der Waals surface area (Å²) in [5, 5.41) is -0.0455. The number of rotatable bonds is 3. The Balaban J connectivity index is 1.91. The molecule has 0 aromatic rings. The third-order valence-electron chi connectivity index (χ3n) is 4.04. The summed E-state index contributed by atoms with van der Waals surface area (Å²) in [6.45, 7) is 3.60. The zero-order chi connectivity index (χ0) is 13.1. The van der Waals surface area contributed by atoms with Crippen LogP contribution in [0.2, 0.25) is 0 Å². The Kier molecular flexibility index (Phi) is 4.54. The van der Waals surface area contributed by atoms with Gasteiger partial charge in [-0.25, -0.2) is 0 Å². The zero-order valence-electron chi connectivity index (χ0n) is 11.2. The minimum Gasteiger partial charge on any atom is -0.336 e. The third kappa shape index (κ3) is 2.82. The second-order valence-electron chi connectivity index (χ2n) is 5.16. The molecule has 2 fully saturated rings. The highest BCUT2D eigenvalue weighted by molar-refractivity contribution is 7.99. The predicted octanol–water partition coefficient (Wildman–Crippen LogP) is 1.35. The lowest BCUT2D eigenvalue weighted by Gasteiger charge is -2.38. The van der Waals surface area contributed by atoms with E-state index in [-0.39, 0.29) is 23.6 Å². The molecule has 1 heterocycles. The summed E-state index contributed by atoms with van der Waals surface area (Å²) in [7, 11) is 0. The van der Waals surface area contributed by atoms with E-state index < -0.39 is 0 Å². The van der Waals surface area contributed by atoms with Gasteiger partial charge < -0.3 is 9.80 Å². The Morgan fingerprint density at radius 3 is 2.56 bits per heavy atom. The Morgan fingerprint density at radius 1 is 1.33 bits per heavy atom. The number of hydrogen-bond acceptors (Lipinski definition) is 3. The van der Waals surface area contributed by atoms with Gasteiger partial charge in [-0.1, -0.05) is 12.8 Å². The molecule has 1 aliphatic carbocycles. The molecule has 1 aliphatic heterocycles. The van der Waals surface area contributed by atoms with Gasteiger partial charge in [0.2, 0.25) is 11.8 Å². The van der Waals surface area contributed by atoms with Gasteiger partial charge in [-0.15, -0.1) is 0 Å². The van der Waals surface area contributed by atoms with Gasteiger partial charge >= 0.3 is 0 Å². The highest BCUT2D eigenvalue weighted by atomic mass is 32.2. The van der Waals surface area contributed by atoms with Crippen LogP contribution >= 0.6 is 11.8 Å². The summed E-state index contributed by atoms with van der Waals surface area (Å²) >= 11 is 1.54. The Labute approximate surface area is 113 Å². The molecule has 2 amide bonds. The normalized spacial score (nSPS) is 23.6. The molecule has 4 nitrogen and oxygen atoms in total. The highest BCUT2D eigenvalue weighted by Gasteiger charge is 2.33. The van der Waals surface area contributed by atoms with Crippen LogP contribution in [0.3, 0.4) is 0 Å². The molecule has 1 saturated heterocycles. The predicted molar refractivity (Wildman–Crippen MR) is 73.5 cm³/mol. The first kappa shape index (κ1) is 13.7. The molecule has 0 aromatic heterocycles. The molecule has 102 valence electrons. The van der Waals surface area contributed by atoms with E-state index in [2.05, 4.69) is 0 Å². The Bertz CT molecular complexity index is 329. The summed E-state index contributed by atoms with van der Waals surface area (Å²) in [5.74, 6) is 0.233. The van der Waals surface area contributed by atoms with Crippen molar-refractivity contribution in [2.45, 2.75) is 43.9 Å². The van der Waals surface area contributed by atoms with Crippen LogP contribution in [0.15, 0.2) is 0 Å². The first-order valence-corrected chi connectivity index (χ1v) is 8.03. The van der Waals surface area contributed by atoms with Gasteiger partial charge in [0.05, 0.1) is 11.8 Å². The molecule has 0 N–H and O–H groups in total. The van der Waals surface area contributed by atoms with Gasteiger partial charge in [0.25, 0.3) is 0 Å². The van der Waals surface area contributed by atoms with Crippen LogP contribution in [-0.2, 0) is 9.59 Å². The fourth-order valence-corrected chi connectivity index (χ4v) is 3.19. The van der Waals surface area contributed by atoms with Gasteiger partial charge in [-0.2, -0.15) is 11.8 Å². The molecule has 18 heavy (non-hydrogen) atoms. The van der Waals surface area contributed by atoms with E-state index in [1.807, 2.05) is 18.1 Å². The zero-order valence-corrected chi connectivity index (χ0v) is 12.0. The second-order valence-corrected chi connectivity index (χ2v) is 6.34. The quantitative estimate of drug-likeness (QED) is 0.777. The lowest BCUT2D eigenvalue weighted by Crippen LogP contribution is -2.56. The van der Waals surface area contributed by atoms with Crippen LogP contribution in [0.4, 0.5) is 0 Å². The number of piperazine rings is 1. The van der Waals surface area contributed by atoms with E-state index in [4.69, 9.17) is 0 Å². The van der Waals surface area contributed by atoms with Crippen molar-refractivity contribution in [1.82, 2.24) is 9.80 Å². The van der Waals surface area contributed by atoms with Crippen LogP contribution in [0.5, 0.6) is 0 Å². The molecule has 0 spiro atoms. The third-order valence-corrected chi connectivity index (χ3v) is 4.94. The van der Waals surface area contributed by atoms with Crippen molar-refractivity contribution in [2.75, 3.05) is 25.9 Å². The smallest absolute Gasteiger partial charge is 0.242 e. The van der Waals surface area contributed by atoms with E-state index in [1.54, 1.807) is 4.90 Å². The van der Waals surface area contributed by atoms with E-state index >= 15 is 0 Å². The number of carbonyl (C=O) groups is 2. The number of thioether (sulfide) groups is 1. The molecular weight excluding hydrogens is 248 g/mol. The van der Waals surface area contributed by atoms with E-state index in [9.17, 15) is 9.59 Å². The highest BCUT2D eigenvalue weighted by Crippen LogP contribution is 2.25. The summed E-state index contributed by atoms with van der Waals surface area (Å²) in [6, 6.07) is 0.438. The van der Waals surface area contributed by atoms with Crippen molar-refractivity contribution >= 4 is 23.6 Å². The maximum Gasteiger partial charge on any atom is 0.242 e. The van der Waals surface area contributed by atoms with Crippen molar-refractivity contribution < 1.29 is 9.59 Å². The van der Waals surface area contributed by atoms with Crippen molar-refractivity contribution in [1.29, 1.82) is 0 Å². The Hall–Kier alpha value is -0.710. The molecule has 0 aromatic carbocycles. The van der Waals surface area contributed by atoms with Crippen LogP contribution in [0, 0.1) is 0 Å². The molecule has 1 saturated carbocycles. The summed E-state index contributed by atoms with van der Waals surface area (Å²) < 4.78 is 0. The summed E-state index contributed by atoms with van der Waals surface area (Å²) in [5.41, 5.74) is 0. The van der Waals surface area contributed by atoms with Crippen LogP contribution < -0.4 is 0 Å². The lowest BCUT2D eigenvalue weighted by atomic mass is 10.1. The largest absolute Gasteiger partial charge is 0.336 e. The average Bonchev–Trinajstić information content (AvgIpc) is 2.90. The minimum absolute atomic E-state index is 0.0455. The maximum atomic E-state index is 12.1. The van der Waals surface area contributed by atoms with Gasteiger partial charge in [0.15, 0.2) is 0 Å². The van der Waals surface area contributed by atoms with Gasteiger partial charge in [-0.3, -0.25) is 9.59 Å². The molecule has 1 unspecified atom stereocenters. The maximum absolute atomic E-state index is 12.1. The number of amides is 2. The first-order valence-electron chi connectivity index (χ1n) is 6.74. The first-order chi connectivity index (χ1) is 8.63. The molecule has 0 radical (unpaired) electrons. The van der Waals surface area contributed by atoms with Crippen molar-refractivity contribution in [3.63, 3.8) is 0 Å². The molecular formula is C13H22N2O2S. The minimum atomic E-state index is -0.0455. The van der Waals surface area contributed by atoms with Gasteiger partial charge in [0.1, 0.15) is 0 Å². The monoisotopic (exact) mass is 270 g/mol. The standard InChI is InChI=1S/C13H22N2O2S/c1-10(18-2)13(17)14-7-8-15(12(16)9-14)11-5-3-4-6-11/h10-11H,3-9H2,1-2H3. The fourth-order valence-electron chi connectivity index (χ4n) is 2.83. The van der Waals surface area contributed by atoms with Crippen LogP contribution in [0.25, 0.3) is 0 Å². The van der Waals surface area contributed by atoms with Gasteiger partial charge in [0, 0.05) is 19.1 Å². The van der Waals surface area contributed by atoms with E-state index in [0.717, 1.165) is 19.4 Å². The summed E-state index contributed by atoms with van der Waals surface area (Å²) in [4.78, 5) is 27.9. The topological polar surface area (TPSA) is 40.6 Å². The second kappa shape index (κ2) is 5.95. The molecule has 2 rings (SSSR count). The Morgan fingerprint density at radius 2 is 2.00 bits per heavy atom. The molecule has 5 heteroatoms. The van der Waals surface area contributed by atoms with Gasteiger partial charge in [-0.05, 0) is 26.0 Å². The molecule has 1 atom stereocenters. The SMILES string of the molecule is CSC(C)C(=O)N1CCN(C2CCCC2)C(=O)C1. The average molecular weight is 270 g/mol. The fraction of sp³-hybridized carbons (Fsp3) is 0.846. The van der Waals surface area contributed by atoms with Crippen LogP contribution in [-0.4, -0.2) is 58.8 Å². The number of carbonyl (C=O) groups excluding carboxylic acids is 2. The summed E-state index contributed by atoms with van der Waals surface area (Å²) in [6.07, 6.45) is 6.68. The van der Waals surface area contributed by atoms with Crippen molar-refractivity contribution in [2.24, 2.45) is 0 Å². The van der Waals surface area contributed by atoms with Crippen LogP contribution in [0.1, 0.15) is 32.6 Å². The molecule has 0 bridgehead atoms. The molecule has 2 aliphatic rings. The van der Waals surface area contributed by atoms with Crippen molar-refractivity contribution in [3.05, 3.63) is 0 Å². The number of hydrogen-bond donors (Lipinski definition) is 0. The number of nitrogens with zero attached hydrogens (tertiary/aromatic N) is 2. The van der Waals surface area contributed by atoms with E-state index in [1.165, 1.54) is 24.6 Å². The van der Waals surface area contributed by atoms with E-state index in [0.29, 0.717) is 12.6 Å².